The minimum absolute atomic E-state index is 0.0727. The quantitative estimate of drug-likeness (QED) is 0.170. The van der Waals surface area contributed by atoms with Crippen molar-refractivity contribution in [1.82, 2.24) is 19.3 Å². The smallest absolute Gasteiger partial charge is 0.417 e. The van der Waals surface area contributed by atoms with E-state index in [0.29, 0.717) is 39.5 Å². The highest BCUT2D eigenvalue weighted by atomic mass is 32.1. The van der Waals surface area contributed by atoms with Crippen molar-refractivity contribution in [2.24, 2.45) is 0 Å². The molecule has 0 atom stereocenters. The van der Waals surface area contributed by atoms with Crippen molar-refractivity contribution in [3.63, 3.8) is 0 Å². The summed E-state index contributed by atoms with van der Waals surface area (Å²) in [5.41, 5.74) is 2.67. The number of nitrogens with zero attached hydrogens (tertiary/aromatic N) is 4. The molecule has 6 aromatic rings. The fourth-order valence-corrected chi connectivity index (χ4v) is 6.33. The molecule has 0 unspecified atom stereocenters. The third-order valence-corrected chi connectivity index (χ3v) is 8.96. The average Bonchev–Trinajstić information content (AvgIpc) is 3.76. The van der Waals surface area contributed by atoms with E-state index < -0.39 is 23.6 Å². The first kappa shape index (κ1) is 30.5. The van der Waals surface area contributed by atoms with Gasteiger partial charge in [-0.2, -0.15) is 4.98 Å². The Morgan fingerprint density at radius 2 is 1.61 bits per heavy atom. The van der Waals surface area contributed by atoms with Gasteiger partial charge in [0, 0.05) is 16.0 Å². The van der Waals surface area contributed by atoms with Crippen LogP contribution >= 0.6 is 11.3 Å². The first-order valence-electron chi connectivity index (χ1n) is 14.4. The van der Waals surface area contributed by atoms with Crippen LogP contribution in [0.5, 0.6) is 17.6 Å². The zero-order valence-corrected chi connectivity index (χ0v) is 26.4. The Kier molecular flexibility index (Phi) is 8.53. The van der Waals surface area contributed by atoms with Gasteiger partial charge >= 0.3 is 11.8 Å². The van der Waals surface area contributed by atoms with Crippen LogP contribution in [0.4, 0.5) is 0 Å². The van der Waals surface area contributed by atoms with Crippen LogP contribution in [0.1, 0.15) is 27.7 Å². The lowest BCUT2D eigenvalue weighted by molar-refractivity contribution is 0.0968. The van der Waals surface area contributed by atoms with Crippen molar-refractivity contribution in [3.8, 4) is 40.1 Å². The predicted molar refractivity (Wildman–Crippen MR) is 174 cm³/mol. The lowest BCUT2D eigenvalue weighted by Crippen LogP contribution is -2.41. The molecule has 234 valence electrons. The number of hydrogen-bond acceptors (Lipinski definition) is 10. The van der Waals surface area contributed by atoms with E-state index in [1.165, 1.54) is 38.7 Å². The van der Waals surface area contributed by atoms with Crippen molar-refractivity contribution >= 4 is 27.3 Å². The number of carbonyl (C=O) groups excluding carboxylic acids is 1. The number of benzene rings is 3. The Morgan fingerprint density at radius 1 is 0.870 bits per heavy atom. The predicted octanol–water partition coefficient (Wildman–Crippen LogP) is 5.46. The molecular formula is C34H30N4O7S. The van der Waals surface area contributed by atoms with Gasteiger partial charge < -0.3 is 14.2 Å². The third kappa shape index (κ3) is 5.70. The van der Waals surface area contributed by atoms with Gasteiger partial charge in [-0.25, -0.2) is 4.79 Å². The standard InChI is InChI=1S/C34H30N4O7S/c1-5-23-17-26-31(40)37(19-27(39)22-14-15-28(42-2)29(16-22)43-3)34(41)38(32(26)46-23)18-20-10-12-21(13-11-20)24-8-6-7-9-25(24)30-35-33(44-4)45-36-30/h6-17H,5,18-19H2,1-4H3. The Morgan fingerprint density at radius 3 is 2.28 bits per heavy atom. The van der Waals surface area contributed by atoms with Crippen LogP contribution < -0.4 is 25.5 Å². The summed E-state index contributed by atoms with van der Waals surface area (Å²) in [6, 6.07) is 22.0. The highest BCUT2D eigenvalue weighted by Crippen LogP contribution is 2.32. The van der Waals surface area contributed by atoms with Gasteiger partial charge in [0.1, 0.15) is 4.83 Å². The van der Waals surface area contributed by atoms with Gasteiger partial charge in [0.2, 0.25) is 5.82 Å². The van der Waals surface area contributed by atoms with E-state index in [-0.39, 0.29) is 12.6 Å². The van der Waals surface area contributed by atoms with Crippen LogP contribution in [0.15, 0.2) is 86.9 Å². The first-order chi connectivity index (χ1) is 22.3. The molecule has 0 bridgehead atoms. The Hall–Kier alpha value is -5.49. The van der Waals surface area contributed by atoms with Crippen LogP contribution in [-0.2, 0) is 19.5 Å². The van der Waals surface area contributed by atoms with Crippen molar-refractivity contribution < 1.29 is 23.5 Å². The highest BCUT2D eigenvalue weighted by Gasteiger charge is 2.20. The third-order valence-electron chi connectivity index (χ3n) is 7.66. The van der Waals surface area contributed by atoms with Crippen LogP contribution in [0.3, 0.4) is 0 Å². The number of methoxy groups -OCH3 is 3. The van der Waals surface area contributed by atoms with Gasteiger partial charge in [-0.05, 0) is 47.4 Å². The van der Waals surface area contributed by atoms with Gasteiger partial charge in [0.05, 0.1) is 39.8 Å². The van der Waals surface area contributed by atoms with Gasteiger partial charge in [-0.15, -0.1) is 11.3 Å². The van der Waals surface area contributed by atoms with E-state index in [1.807, 2.05) is 61.5 Å². The summed E-state index contributed by atoms with van der Waals surface area (Å²) >= 11 is 1.41. The molecule has 0 amide bonds. The van der Waals surface area contributed by atoms with Crippen LogP contribution in [-0.4, -0.2) is 46.4 Å². The molecule has 0 radical (unpaired) electrons. The second kappa shape index (κ2) is 12.9. The van der Waals surface area contributed by atoms with Gasteiger partial charge in [-0.3, -0.25) is 23.2 Å². The molecular weight excluding hydrogens is 608 g/mol. The maximum absolute atomic E-state index is 13.9. The number of aromatic nitrogens is 4. The number of aryl methyl sites for hydroxylation is 1. The van der Waals surface area contributed by atoms with E-state index >= 15 is 0 Å². The summed E-state index contributed by atoms with van der Waals surface area (Å²) in [5, 5.41) is 4.43. The molecule has 3 aromatic carbocycles. The number of Topliss-reactive ketones (excluding diaryl/α,β-unsaturated/α-hetero) is 1. The van der Waals surface area contributed by atoms with Crippen molar-refractivity contribution in [2.75, 3.05) is 21.3 Å². The normalized spacial score (nSPS) is 11.1. The molecule has 0 aliphatic heterocycles. The maximum atomic E-state index is 13.9. The molecule has 3 heterocycles. The molecule has 46 heavy (non-hydrogen) atoms. The second-order valence-corrected chi connectivity index (χ2v) is 11.5. The summed E-state index contributed by atoms with van der Waals surface area (Å²) < 4.78 is 23.3. The number of thiophene rings is 1. The lowest BCUT2D eigenvalue weighted by atomic mass is 9.98. The lowest BCUT2D eigenvalue weighted by Gasteiger charge is -2.13. The summed E-state index contributed by atoms with van der Waals surface area (Å²) in [6.45, 7) is 1.78. The van der Waals surface area contributed by atoms with Gasteiger partial charge in [-0.1, -0.05) is 60.6 Å². The van der Waals surface area contributed by atoms with Gasteiger partial charge in [0.25, 0.3) is 5.56 Å². The second-order valence-electron chi connectivity index (χ2n) is 10.4. The van der Waals surface area contributed by atoms with Crippen LogP contribution in [0, 0.1) is 0 Å². The molecule has 0 saturated heterocycles. The number of ether oxygens (including phenoxy) is 3. The van der Waals surface area contributed by atoms with E-state index in [0.717, 1.165) is 31.7 Å². The minimum atomic E-state index is -0.559. The number of carbonyl (C=O) groups is 1. The molecule has 3 aromatic heterocycles. The Balaban J connectivity index is 1.36. The molecule has 0 saturated carbocycles. The van der Waals surface area contributed by atoms with E-state index in [2.05, 4.69) is 10.1 Å². The zero-order valence-electron chi connectivity index (χ0n) is 25.6. The number of rotatable bonds is 11. The van der Waals surface area contributed by atoms with E-state index in [1.54, 1.807) is 16.7 Å². The van der Waals surface area contributed by atoms with Gasteiger partial charge in [0.15, 0.2) is 17.3 Å². The van der Waals surface area contributed by atoms with Crippen LogP contribution in [0.2, 0.25) is 0 Å². The molecule has 6 rings (SSSR count). The molecule has 0 aliphatic rings. The van der Waals surface area contributed by atoms with E-state index in [9.17, 15) is 14.4 Å². The molecule has 0 N–H and O–H groups in total. The summed E-state index contributed by atoms with van der Waals surface area (Å²) in [4.78, 5) is 46.7. The maximum Gasteiger partial charge on any atom is 0.417 e. The monoisotopic (exact) mass is 638 g/mol. The minimum Gasteiger partial charge on any atom is -0.493 e. The molecule has 11 nitrogen and oxygen atoms in total. The summed E-state index contributed by atoms with van der Waals surface area (Å²) in [7, 11) is 4.44. The molecule has 12 heteroatoms. The molecule has 0 spiro atoms. The topological polar surface area (TPSA) is 128 Å². The molecule has 0 fully saturated rings. The SMILES string of the molecule is CCc1cc2c(=O)n(CC(=O)c3ccc(OC)c(OC)c3)c(=O)n(Cc3ccc(-c4ccccc4-c4noc(OC)n4)cc3)c2s1. The fraction of sp³-hybridized carbons (Fsp3) is 0.206. The average molecular weight is 639 g/mol. The number of hydrogen-bond donors (Lipinski definition) is 0. The highest BCUT2D eigenvalue weighted by molar-refractivity contribution is 7.18. The fourth-order valence-electron chi connectivity index (χ4n) is 5.25. The summed E-state index contributed by atoms with van der Waals surface area (Å²) in [5.74, 6) is 0.844. The molecule has 0 aliphatic carbocycles. The summed E-state index contributed by atoms with van der Waals surface area (Å²) in [6.07, 6.45) is 0.779. The van der Waals surface area contributed by atoms with Crippen molar-refractivity contribution in [1.29, 1.82) is 0 Å². The Bertz CT molecular complexity index is 2180. The zero-order chi connectivity index (χ0) is 32.4. The number of fused-ring (bicyclic) bond motifs is 1. The van der Waals surface area contributed by atoms with Crippen molar-refractivity contribution in [2.45, 2.75) is 26.4 Å². The largest absolute Gasteiger partial charge is 0.493 e. The van der Waals surface area contributed by atoms with Crippen molar-refractivity contribution in [3.05, 3.63) is 110 Å². The van der Waals surface area contributed by atoms with Crippen LogP contribution in [0.25, 0.3) is 32.7 Å². The number of ketones is 1. The first-order valence-corrected chi connectivity index (χ1v) is 15.2. The van der Waals surface area contributed by atoms with E-state index in [4.69, 9.17) is 18.7 Å². The Labute approximate surface area is 267 Å².